The van der Waals surface area contributed by atoms with E-state index in [4.69, 9.17) is 5.11 Å². The fraction of sp³-hybridized carbons (Fsp3) is 0.429. The van der Waals surface area contributed by atoms with E-state index in [2.05, 4.69) is 0 Å². The molecule has 0 bridgehead atoms. The lowest BCUT2D eigenvalue weighted by molar-refractivity contribution is -0.148. The molecular weight excluding hydrogens is 230 g/mol. The number of rotatable bonds is 3. The van der Waals surface area contributed by atoms with E-state index in [1.54, 1.807) is 0 Å². The molecule has 4 nitrogen and oxygen atoms in total. The number of likely N-dealkylation sites (tertiary alicyclic amines) is 1. The summed E-state index contributed by atoms with van der Waals surface area (Å²) in [5.41, 5.74) is 0.929. The zero-order valence-electron chi connectivity index (χ0n) is 10.4. The highest BCUT2D eigenvalue weighted by Crippen LogP contribution is 2.24. The second-order valence-corrected chi connectivity index (χ2v) is 4.66. The maximum Gasteiger partial charge on any atom is 0.326 e. The first-order valence-electron chi connectivity index (χ1n) is 6.19. The van der Waals surface area contributed by atoms with Crippen LogP contribution in [0.5, 0.6) is 0 Å². The van der Waals surface area contributed by atoms with Crippen LogP contribution in [0.25, 0.3) is 0 Å². The second kappa shape index (κ2) is 5.21. The van der Waals surface area contributed by atoms with E-state index in [9.17, 15) is 9.59 Å². The zero-order valence-corrected chi connectivity index (χ0v) is 10.4. The molecule has 0 radical (unpaired) electrons. The van der Waals surface area contributed by atoms with Gasteiger partial charge in [-0.15, -0.1) is 0 Å². The van der Waals surface area contributed by atoms with Crippen molar-refractivity contribution in [1.29, 1.82) is 0 Å². The molecule has 1 aliphatic heterocycles. The predicted octanol–water partition coefficient (Wildman–Crippen LogP) is 1.87. The van der Waals surface area contributed by atoms with Crippen LogP contribution in [0.15, 0.2) is 30.3 Å². The van der Waals surface area contributed by atoms with Crippen molar-refractivity contribution in [2.45, 2.75) is 31.7 Å². The van der Waals surface area contributed by atoms with E-state index in [0.717, 1.165) is 12.0 Å². The van der Waals surface area contributed by atoms with E-state index < -0.39 is 12.0 Å². The third-order valence-corrected chi connectivity index (χ3v) is 3.49. The molecule has 1 amide bonds. The molecule has 18 heavy (non-hydrogen) atoms. The Morgan fingerprint density at radius 3 is 2.61 bits per heavy atom. The summed E-state index contributed by atoms with van der Waals surface area (Å²) in [5, 5.41) is 9.09. The normalized spacial score (nSPS) is 20.7. The summed E-state index contributed by atoms with van der Waals surface area (Å²) < 4.78 is 0. The van der Waals surface area contributed by atoms with Crippen molar-refractivity contribution in [3.63, 3.8) is 0 Å². The molecule has 0 unspecified atom stereocenters. The second-order valence-electron chi connectivity index (χ2n) is 4.66. The van der Waals surface area contributed by atoms with Crippen LogP contribution in [-0.4, -0.2) is 34.5 Å². The Hall–Kier alpha value is -1.84. The van der Waals surface area contributed by atoms with Crippen molar-refractivity contribution in [2.75, 3.05) is 6.54 Å². The van der Waals surface area contributed by atoms with Crippen LogP contribution in [0.4, 0.5) is 0 Å². The molecule has 1 aromatic carbocycles. The highest BCUT2D eigenvalue weighted by atomic mass is 16.4. The van der Waals surface area contributed by atoms with E-state index >= 15 is 0 Å². The number of hydrogen-bond donors (Lipinski definition) is 1. The van der Waals surface area contributed by atoms with Gasteiger partial charge in [-0.3, -0.25) is 4.79 Å². The minimum atomic E-state index is -0.902. The number of nitrogens with zero attached hydrogens (tertiary/aromatic N) is 1. The average Bonchev–Trinajstić information content (AvgIpc) is 2.87. The van der Waals surface area contributed by atoms with Crippen molar-refractivity contribution < 1.29 is 14.7 Å². The SMILES string of the molecule is C[C@H](C(=O)N1CCC[C@@H]1C(=O)O)c1ccccc1. The summed E-state index contributed by atoms with van der Waals surface area (Å²) >= 11 is 0. The van der Waals surface area contributed by atoms with Gasteiger partial charge in [0.05, 0.1) is 5.92 Å². The first kappa shape index (κ1) is 12.6. The number of carboxylic acid groups (broad SMARTS) is 1. The van der Waals surface area contributed by atoms with E-state index in [-0.39, 0.29) is 11.8 Å². The summed E-state index contributed by atoms with van der Waals surface area (Å²) in [6.45, 7) is 2.38. The number of carbonyl (C=O) groups is 2. The monoisotopic (exact) mass is 247 g/mol. The Bertz CT molecular complexity index is 444. The molecule has 4 heteroatoms. The lowest BCUT2D eigenvalue weighted by atomic mass is 9.99. The van der Waals surface area contributed by atoms with E-state index in [0.29, 0.717) is 13.0 Å². The average molecular weight is 247 g/mol. The third kappa shape index (κ3) is 2.37. The number of benzene rings is 1. The molecule has 2 atom stereocenters. The van der Waals surface area contributed by atoms with E-state index in [1.807, 2.05) is 37.3 Å². The summed E-state index contributed by atoms with van der Waals surface area (Å²) in [7, 11) is 0. The lowest BCUT2D eigenvalue weighted by Crippen LogP contribution is -2.42. The van der Waals surface area contributed by atoms with Gasteiger partial charge in [0.25, 0.3) is 0 Å². The Morgan fingerprint density at radius 2 is 2.00 bits per heavy atom. The molecular formula is C14H17NO3. The molecule has 1 aliphatic rings. The first-order valence-corrected chi connectivity index (χ1v) is 6.19. The highest BCUT2D eigenvalue weighted by molar-refractivity contribution is 5.88. The van der Waals surface area contributed by atoms with Crippen LogP contribution >= 0.6 is 0 Å². The van der Waals surface area contributed by atoms with Crippen molar-refractivity contribution >= 4 is 11.9 Å². The Kier molecular flexibility index (Phi) is 3.65. The van der Waals surface area contributed by atoms with Gasteiger partial charge in [-0.2, -0.15) is 0 Å². The quantitative estimate of drug-likeness (QED) is 0.887. The van der Waals surface area contributed by atoms with E-state index in [1.165, 1.54) is 4.90 Å². The summed E-state index contributed by atoms with van der Waals surface area (Å²) in [6, 6.07) is 8.82. The first-order chi connectivity index (χ1) is 8.61. The molecule has 1 aromatic rings. The maximum atomic E-state index is 12.3. The van der Waals surface area contributed by atoms with Crippen LogP contribution in [0.1, 0.15) is 31.2 Å². The number of carboxylic acids is 1. The maximum absolute atomic E-state index is 12.3. The minimum absolute atomic E-state index is 0.0916. The molecule has 0 spiro atoms. The van der Waals surface area contributed by atoms with Crippen LogP contribution in [0.2, 0.25) is 0 Å². The predicted molar refractivity (Wildman–Crippen MR) is 67.2 cm³/mol. The number of amides is 1. The Labute approximate surface area is 106 Å². The fourth-order valence-corrected chi connectivity index (χ4v) is 2.42. The summed E-state index contributed by atoms with van der Waals surface area (Å²) in [6.07, 6.45) is 1.33. The van der Waals surface area contributed by atoms with Crippen molar-refractivity contribution in [3.05, 3.63) is 35.9 Å². The van der Waals surface area contributed by atoms with Gasteiger partial charge >= 0.3 is 5.97 Å². The van der Waals surface area contributed by atoms with Crippen LogP contribution in [0.3, 0.4) is 0 Å². The van der Waals surface area contributed by atoms with Gasteiger partial charge < -0.3 is 10.0 Å². The van der Waals surface area contributed by atoms with Crippen LogP contribution in [-0.2, 0) is 9.59 Å². The zero-order chi connectivity index (χ0) is 13.1. The standard InChI is InChI=1S/C14H17NO3/c1-10(11-6-3-2-4-7-11)13(16)15-9-5-8-12(15)14(17)18/h2-4,6-7,10,12H,5,8-9H2,1H3,(H,17,18)/t10-,12+/m0/s1. The lowest BCUT2D eigenvalue weighted by Gasteiger charge is -2.25. The number of carbonyl (C=O) groups excluding carboxylic acids is 1. The van der Waals surface area contributed by atoms with Crippen molar-refractivity contribution in [1.82, 2.24) is 4.90 Å². The molecule has 96 valence electrons. The molecule has 1 saturated heterocycles. The highest BCUT2D eigenvalue weighted by Gasteiger charge is 2.35. The van der Waals surface area contributed by atoms with Gasteiger partial charge in [0.2, 0.25) is 5.91 Å². The minimum Gasteiger partial charge on any atom is -0.480 e. The molecule has 0 aromatic heterocycles. The number of aliphatic carboxylic acids is 1. The molecule has 1 fully saturated rings. The van der Waals surface area contributed by atoms with Crippen molar-refractivity contribution in [2.24, 2.45) is 0 Å². The molecule has 0 saturated carbocycles. The fourth-order valence-electron chi connectivity index (χ4n) is 2.42. The van der Waals surface area contributed by atoms with Crippen LogP contribution < -0.4 is 0 Å². The van der Waals surface area contributed by atoms with Gasteiger partial charge in [-0.25, -0.2) is 4.79 Å². The van der Waals surface area contributed by atoms with Gasteiger partial charge in [0, 0.05) is 6.54 Å². The number of hydrogen-bond acceptors (Lipinski definition) is 2. The van der Waals surface area contributed by atoms with Crippen molar-refractivity contribution in [3.8, 4) is 0 Å². The molecule has 1 heterocycles. The van der Waals surface area contributed by atoms with Gasteiger partial charge in [0.15, 0.2) is 0 Å². The smallest absolute Gasteiger partial charge is 0.326 e. The summed E-state index contributed by atoms with van der Waals surface area (Å²) in [5.74, 6) is -1.28. The summed E-state index contributed by atoms with van der Waals surface area (Å²) in [4.78, 5) is 24.9. The van der Waals surface area contributed by atoms with Crippen LogP contribution in [0, 0.1) is 0 Å². The third-order valence-electron chi connectivity index (χ3n) is 3.49. The van der Waals surface area contributed by atoms with Gasteiger partial charge in [-0.1, -0.05) is 30.3 Å². The largest absolute Gasteiger partial charge is 0.480 e. The Morgan fingerprint density at radius 1 is 1.33 bits per heavy atom. The Balaban J connectivity index is 2.14. The molecule has 2 rings (SSSR count). The van der Waals surface area contributed by atoms with Gasteiger partial charge in [0.1, 0.15) is 6.04 Å². The topological polar surface area (TPSA) is 57.6 Å². The molecule has 0 aliphatic carbocycles. The van der Waals surface area contributed by atoms with Gasteiger partial charge in [-0.05, 0) is 25.3 Å². The molecule has 1 N–H and O–H groups in total.